The second kappa shape index (κ2) is 9.37. The van der Waals surface area contributed by atoms with E-state index in [1.165, 1.54) is 25.0 Å². The first-order valence-corrected chi connectivity index (χ1v) is 8.76. The fourth-order valence-corrected chi connectivity index (χ4v) is 3.44. The van der Waals surface area contributed by atoms with E-state index in [2.05, 4.69) is 29.4 Å². The highest BCUT2D eigenvalue weighted by molar-refractivity contribution is 7.99. The Labute approximate surface area is 126 Å². The average Bonchev–Trinajstić information content (AvgIpc) is 2.77. The zero-order valence-corrected chi connectivity index (χ0v) is 13.2. The first kappa shape index (κ1) is 15.8. The summed E-state index contributed by atoms with van der Waals surface area (Å²) in [6.07, 6.45) is 6.67. The molecule has 112 valence electrons. The van der Waals surface area contributed by atoms with Crippen molar-refractivity contribution in [3.63, 3.8) is 0 Å². The van der Waals surface area contributed by atoms with Crippen LogP contribution in [0, 0.1) is 0 Å². The van der Waals surface area contributed by atoms with Crippen molar-refractivity contribution in [1.29, 1.82) is 0 Å². The monoisotopic (exact) mass is 294 g/mol. The lowest BCUT2D eigenvalue weighted by molar-refractivity contribution is 0.142. The van der Waals surface area contributed by atoms with Gasteiger partial charge in [-0.05, 0) is 37.8 Å². The highest BCUT2D eigenvalue weighted by Crippen LogP contribution is 2.19. The third-order valence-corrected chi connectivity index (χ3v) is 5.17. The van der Waals surface area contributed by atoms with Gasteiger partial charge in [0, 0.05) is 43.0 Å². The molecule has 1 fully saturated rings. The Balaban J connectivity index is 1.69. The maximum Gasteiger partial charge on any atom is 0.0502 e. The molecule has 4 heteroatoms. The Morgan fingerprint density at radius 1 is 1.40 bits per heavy atom. The van der Waals surface area contributed by atoms with Crippen LogP contribution in [0.25, 0.3) is 0 Å². The highest BCUT2D eigenvalue weighted by Gasteiger charge is 2.14. The van der Waals surface area contributed by atoms with E-state index >= 15 is 0 Å². The van der Waals surface area contributed by atoms with Crippen LogP contribution in [0.3, 0.4) is 0 Å². The molecule has 0 amide bonds. The minimum absolute atomic E-state index is 0.641. The third kappa shape index (κ3) is 5.81. The number of hydrogen-bond donors (Lipinski definition) is 1. The van der Waals surface area contributed by atoms with E-state index in [4.69, 9.17) is 4.74 Å². The van der Waals surface area contributed by atoms with E-state index in [0.717, 1.165) is 31.9 Å². The normalized spacial score (nSPS) is 21.4. The van der Waals surface area contributed by atoms with E-state index in [9.17, 15) is 0 Å². The van der Waals surface area contributed by atoms with E-state index in [1.54, 1.807) is 0 Å². The first-order valence-electron chi connectivity index (χ1n) is 7.71. The molecule has 1 aliphatic heterocycles. The Hall–Kier alpha value is -0.580. The van der Waals surface area contributed by atoms with Crippen LogP contribution in [-0.4, -0.2) is 36.0 Å². The van der Waals surface area contributed by atoms with Gasteiger partial charge in [0.1, 0.15) is 0 Å². The lowest BCUT2D eigenvalue weighted by Gasteiger charge is -2.20. The van der Waals surface area contributed by atoms with Gasteiger partial charge in [0.05, 0.1) is 5.69 Å². The topological polar surface area (TPSA) is 34.1 Å². The predicted octanol–water partition coefficient (Wildman–Crippen LogP) is 3.25. The van der Waals surface area contributed by atoms with Crippen molar-refractivity contribution >= 4 is 11.8 Å². The van der Waals surface area contributed by atoms with Gasteiger partial charge in [-0.1, -0.05) is 13.0 Å². The van der Waals surface area contributed by atoms with Crippen molar-refractivity contribution in [1.82, 2.24) is 10.3 Å². The van der Waals surface area contributed by atoms with Crippen LogP contribution in [0.5, 0.6) is 0 Å². The molecule has 2 unspecified atom stereocenters. The van der Waals surface area contributed by atoms with Gasteiger partial charge >= 0.3 is 0 Å². The molecule has 0 aromatic carbocycles. The summed E-state index contributed by atoms with van der Waals surface area (Å²) < 4.78 is 5.51. The fraction of sp³-hybridized carbons (Fsp3) is 0.688. The lowest BCUT2D eigenvalue weighted by Crippen LogP contribution is -2.34. The summed E-state index contributed by atoms with van der Waals surface area (Å²) in [6, 6.07) is 6.78. The minimum atomic E-state index is 0.641. The Bertz CT molecular complexity index is 353. The molecule has 0 radical (unpaired) electrons. The molecule has 2 rings (SSSR count). The van der Waals surface area contributed by atoms with Gasteiger partial charge in [-0.2, -0.15) is 11.8 Å². The van der Waals surface area contributed by atoms with Crippen molar-refractivity contribution < 1.29 is 4.74 Å². The maximum absolute atomic E-state index is 5.51. The second-order valence-electron chi connectivity index (χ2n) is 5.31. The van der Waals surface area contributed by atoms with Gasteiger partial charge in [0.25, 0.3) is 0 Å². The van der Waals surface area contributed by atoms with Crippen LogP contribution in [0.2, 0.25) is 0 Å². The summed E-state index contributed by atoms with van der Waals surface area (Å²) in [6.45, 7) is 5.21. The smallest absolute Gasteiger partial charge is 0.0502 e. The molecule has 1 N–H and O–H groups in total. The lowest BCUT2D eigenvalue weighted by atomic mass is 10.1. The van der Waals surface area contributed by atoms with Crippen molar-refractivity contribution in [3.8, 4) is 0 Å². The van der Waals surface area contributed by atoms with E-state index in [-0.39, 0.29) is 0 Å². The van der Waals surface area contributed by atoms with E-state index in [0.29, 0.717) is 11.3 Å². The number of thioether (sulfide) groups is 1. The zero-order valence-electron chi connectivity index (χ0n) is 12.4. The van der Waals surface area contributed by atoms with Crippen LogP contribution < -0.4 is 5.32 Å². The number of ether oxygens (including phenoxy) is 1. The Kier molecular flexibility index (Phi) is 7.41. The molecule has 0 saturated carbocycles. The molecule has 0 aliphatic carbocycles. The van der Waals surface area contributed by atoms with Crippen LogP contribution in [0.1, 0.15) is 38.3 Å². The van der Waals surface area contributed by atoms with Gasteiger partial charge in [0.2, 0.25) is 0 Å². The molecule has 2 heterocycles. The van der Waals surface area contributed by atoms with Crippen molar-refractivity contribution in [2.75, 3.05) is 19.8 Å². The van der Waals surface area contributed by atoms with Gasteiger partial charge in [0.15, 0.2) is 0 Å². The highest BCUT2D eigenvalue weighted by atomic mass is 32.2. The van der Waals surface area contributed by atoms with Crippen LogP contribution in [0.15, 0.2) is 24.4 Å². The molecule has 0 spiro atoms. The first-order chi connectivity index (χ1) is 9.88. The summed E-state index contributed by atoms with van der Waals surface area (Å²) >= 11 is 2.01. The number of rotatable bonds is 7. The van der Waals surface area contributed by atoms with Crippen LogP contribution in [0.4, 0.5) is 0 Å². The van der Waals surface area contributed by atoms with Crippen molar-refractivity contribution in [3.05, 3.63) is 30.1 Å². The summed E-state index contributed by atoms with van der Waals surface area (Å²) in [4.78, 5) is 4.39. The van der Waals surface area contributed by atoms with Crippen LogP contribution >= 0.6 is 11.8 Å². The zero-order chi connectivity index (χ0) is 14.0. The number of nitrogens with one attached hydrogen (secondary N) is 1. The second-order valence-corrected chi connectivity index (χ2v) is 6.60. The quantitative estimate of drug-likeness (QED) is 0.837. The third-order valence-electron chi connectivity index (χ3n) is 3.73. The molecule has 1 saturated heterocycles. The number of nitrogens with zero attached hydrogens (tertiary/aromatic N) is 1. The van der Waals surface area contributed by atoms with Gasteiger partial charge in [-0.3, -0.25) is 4.98 Å². The molecule has 0 bridgehead atoms. The molecular formula is C16H26N2OS. The number of hydrogen-bond acceptors (Lipinski definition) is 4. The average molecular weight is 294 g/mol. The number of aromatic nitrogens is 1. The molecule has 3 nitrogen and oxygen atoms in total. The summed E-state index contributed by atoms with van der Waals surface area (Å²) in [5.74, 6) is 1.01. The predicted molar refractivity (Wildman–Crippen MR) is 86.1 cm³/mol. The molecular weight excluding hydrogens is 268 g/mol. The maximum atomic E-state index is 5.51. The SMILES string of the molecule is CCC(CNC1CCCOCC1)SCc1ccccn1. The minimum Gasteiger partial charge on any atom is -0.381 e. The Morgan fingerprint density at radius 2 is 2.35 bits per heavy atom. The molecule has 20 heavy (non-hydrogen) atoms. The molecule has 2 atom stereocenters. The number of pyridine rings is 1. The summed E-state index contributed by atoms with van der Waals surface area (Å²) in [5, 5.41) is 4.40. The van der Waals surface area contributed by atoms with Crippen molar-refractivity contribution in [2.45, 2.75) is 49.7 Å². The van der Waals surface area contributed by atoms with Crippen LogP contribution in [-0.2, 0) is 10.5 Å². The van der Waals surface area contributed by atoms with Gasteiger partial charge < -0.3 is 10.1 Å². The standard InChI is InChI=1S/C16H26N2OS/c1-2-16(20-13-15-6-3-4-9-17-15)12-18-14-7-5-10-19-11-8-14/h3-4,6,9,14,16,18H,2,5,7-8,10-13H2,1H3. The summed E-state index contributed by atoms with van der Waals surface area (Å²) in [5.41, 5.74) is 1.18. The van der Waals surface area contributed by atoms with Gasteiger partial charge in [-0.25, -0.2) is 0 Å². The molecule has 1 aromatic heterocycles. The van der Waals surface area contributed by atoms with E-state index < -0.39 is 0 Å². The van der Waals surface area contributed by atoms with E-state index in [1.807, 2.05) is 24.0 Å². The molecule has 1 aliphatic rings. The largest absolute Gasteiger partial charge is 0.381 e. The van der Waals surface area contributed by atoms with Gasteiger partial charge in [-0.15, -0.1) is 0 Å². The molecule has 1 aromatic rings. The van der Waals surface area contributed by atoms with Crippen molar-refractivity contribution in [2.24, 2.45) is 0 Å². The summed E-state index contributed by atoms with van der Waals surface area (Å²) in [7, 11) is 0. The fourth-order valence-electron chi connectivity index (χ4n) is 2.41. The Morgan fingerprint density at radius 3 is 3.15 bits per heavy atom.